The molecule has 0 saturated carbocycles. The van der Waals surface area contributed by atoms with Crippen molar-refractivity contribution in [2.24, 2.45) is 5.73 Å². The lowest BCUT2D eigenvalue weighted by molar-refractivity contribution is 0.0993. The number of carbonyl (C=O) groups excluding carboxylic acids is 1. The molecule has 0 aliphatic heterocycles. The van der Waals surface area contributed by atoms with Crippen molar-refractivity contribution in [1.82, 2.24) is 0 Å². The Labute approximate surface area is 116 Å². The van der Waals surface area contributed by atoms with Gasteiger partial charge in [-0.1, -0.05) is 41.9 Å². The first-order valence-electron chi connectivity index (χ1n) is 5.86. The molecule has 0 heterocycles. The van der Waals surface area contributed by atoms with E-state index in [0.717, 1.165) is 5.56 Å². The second kappa shape index (κ2) is 5.95. The first-order chi connectivity index (χ1) is 9.10. The highest BCUT2D eigenvalue weighted by Gasteiger charge is 2.10. The molecule has 2 N–H and O–H groups in total. The van der Waals surface area contributed by atoms with Crippen LogP contribution in [0.1, 0.15) is 21.5 Å². The molecular formula is C15H13ClFNO. The van der Waals surface area contributed by atoms with E-state index in [1.807, 2.05) is 12.1 Å². The predicted molar refractivity (Wildman–Crippen MR) is 73.8 cm³/mol. The van der Waals surface area contributed by atoms with Crippen LogP contribution in [0.4, 0.5) is 4.39 Å². The Morgan fingerprint density at radius 1 is 1.16 bits per heavy atom. The number of benzene rings is 2. The lowest BCUT2D eigenvalue weighted by atomic mass is 10.0. The van der Waals surface area contributed by atoms with Crippen molar-refractivity contribution in [3.8, 4) is 0 Å². The van der Waals surface area contributed by atoms with E-state index in [2.05, 4.69) is 0 Å². The number of Topliss-reactive ketones (excluding diaryl/α,β-unsaturated/α-hetero) is 1. The Kier molecular flexibility index (Phi) is 4.30. The van der Waals surface area contributed by atoms with E-state index in [-0.39, 0.29) is 17.2 Å². The predicted octanol–water partition coefficient (Wildman–Crippen LogP) is 3.36. The maximum Gasteiger partial charge on any atom is 0.167 e. The van der Waals surface area contributed by atoms with Gasteiger partial charge in [0.15, 0.2) is 5.78 Å². The molecule has 0 amide bonds. The lowest BCUT2D eigenvalue weighted by Gasteiger charge is -2.05. The molecule has 0 saturated heterocycles. The van der Waals surface area contributed by atoms with Gasteiger partial charge in [-0.25, -0.2) is 4.39 Å². The SMILES string of the molecule is NCc1ccc(C(=O)Cc2ccc(F)cc2Cl)cc1. The van der Waals surface area contributed by atoms with Crippen LogP contribution in [0.2, 0.25) is 5.02 Å². The smallest absolute Gasteiger partial charge is 0.167 e. The van der Waals surface area contributed by atoms with Crippen molar-refractivity contribution in [1.29, 1.82) is 0 Å². The number of carbonyl (C=O) groups is 1. The number of ketones is 1. The Balaban J connectivity index is 2.15. The monoisotopic (exact) mass is 277 g/mol. The Morgan fingerprint density at radius 3 is 2.42 bits per heavy atom. The molecule has 0 aliphatic rings. The zero-order valence-corrected chi connectivity index (χ0v) is 11.0. The molecule has 0 spiro atoms. The molecule has 19 heavy (non-hydrogen) atoms. The number of hydrogen-bond acceptors (Lipinski definition) is 2. The van der Waals surface area contributed by atoms with Crippen LogP contribution in [0.3, 0.4) is 0 Å². The maximum atomic E-state index is 12.9. The summed E-state index contributed by atoms with van der Waals surface area (Å²) in [6.07, 6.45) is 0.154. The number of rotatable bonds is 4. The zero-order chi connectivity index (χ0) is 13.8. The van der Waals surface area contributed by atoms with Crippen LogP contribution >= 0.6 is 11.6 Å². The van der Waals surface area contributed by atoms with Crippen LogP contribution in [-0.2, 0) is 13.0 Å². The normalized spacial score (nSPS) is 10.5. The number of halogens is 2. The van der Waals surface area contributed by atoms with Crippen molar-refractivity contribution >= 4 is 17.4 Å². The first kappa shape index (κ1) is 13.7. The minimum Gasteiger partial charge on any atom is -0.326 e. The van der Waals surface area contributed by atoms with Gasteiger partial charge in [0.1, 0.15) is 5.82 Å². The molecule has 2 aromatic rings. The molecule has 0 unspecified atom stereocenters. The van der Waals surface area contributed by atoms with E-state index in [0.29, 0.717) is 17.7 Å². The molecular weight excluding hydrogens is 265 g/mol. The third kappa shape index (κ3) is 3.40. The number of hydrogen-bond donors (Lipinski definition) is 1. The van der Waals surface area contributed by atoms with Gasteiger partial charge >= 0.3 is 0 Å². The van der Waals surface area contributed by atoms with Crippen molar-refractivity contribution in [3.63, 3.8) is 0 Å². The fourth-order valence-electron chi connectivity index (χ4n) is 1.77. The molecule has 2 nitrogen and oxygen atoms in total. The quantitative estimate of drug-likeness (QED) is 0.871. The third-order valence-electron chi connectivity index (χ3n) is 2.88. The molecule has 2 aromatic carbocycles. The molecule has 0 fully saturated rings. The first-order valence-corrected chi connectivity index (χ1v) is 6.24. The van der Waals surface area contributed by atoms with Crippen molar-refractivity contribution in [3.05, 3.63) is 70.0 Å². The summed E-state index contributed by atoms with van der Waals surface area (Å²) in [7, 11) is 0. The van der Waals surface area contributed by atoms with E-state index < -0.39 is 5.82 Å². The van der Waals surface area contributed by atoms with Crippen LogP contribution < -0.4 is 5.73 Å². The molecule has 4 heteroatoms. The fourth-order valence-corrected chi connectivity index (χ4v) is 2.00. The second-order valence-corrected chi connectivity index (χ2v) is 4.64. The molecule has 2 rings (SSSR count). The van der Waals surface area contributed by atoms with E-state index in [1.165, 1.54) is 18.2 Å². The van der Waals surface area contributed by atoms with Gasteiger partial charge in [0, 0.05) is 23.6 Å². The Morgan fingerprint density at radius 2 is 1.84 bits per heavy atom. The largest absolute Gasteiger partial charge is 0.326 e. The van der Waals surface area contributed by atoms with Crippen molar-refractivity contribution < 1.29 is 9.18 Å². The van der Waals surface area contributed by atoms with Gasteiger partial charge in [0.25, 0.3) is 0 Å². The summed E-state index contributed by atoms with van der Waals surface area (Å²) in [5.74, 6) is -0.467. The summed E-state index contributed by atoms with van der Waals surface area (Å²) < 4.78 is 12.9. The van der Waals surface area contributed by atoms with Gasteiger partial charge in [-0.15, -0.1) is 0 Å². The van der Waals surface area contributed by atoms with Gasteiger partial charge in [-0.2, -0.15) is 0 Å². The third-order valence-corrected chi connectivity index (χ3v) is 3.23. The second-order valence-electron chi connectivity index (χ2n) is 4.24. The Hall–Kier alpha value is -1.71. The zero-order valence-electron chi connectivity index (χ0n) is 10.2. The van der Waals surface area contributed by atoms with Gasteiger partial charge in [0.05, 0.1) is 0 Å². The molecule has 0 aliphatic carbocycles. The standard InChI is InChI=1S/C15H13ClFNO/c16-14-8-13(17)6-5-12(14)7-15(19)11-3-1-10(9-18)2-4-11/h1-6,8H,7,9,18H2. The fraction of sp³-hybridized carbons (Fsp3) is 0.133. The summed E-state index contributed by atoms with van der Waals surface area (Å²) in [4.78, 5) is 12.1. The summed E-state index contributed by atoms with van der Waals surface area (Å²) in [5, 5.41) is 0.270. The van der Waals surface area contributed by atoms with E-state index in [9.17, 15) is 9.18 Å². The van der Waals surface area contributed by atoms with Crippen LogP contribution in [0.25, 0.3) is 0 Å². The highest BCUT2D eigenvalue weighted by molar-refractivity contribution is 6.31. The summed E-state index contributed by atoms with van der Waals surface area (Å²) in [5.41, 5.74) is 7.68. The van der Waals surface area contributed by atoms with Crippen LogP contribution in [0, 0.1) is 5.82 Å². The van der Waals surface area contributed by atoms with Crippen LogP contribution in [-0.4, -0.2) is 5.78 Å². The summed E-state index contributed by atoms with van der Waals surface area (Å²) >= 11 is 5.90. The highest BCUT2D eigenvalue weighted by atomic mass is 35.5. The topological polar surface area (TPSA) is 43.1 Å². The van der Waals surface area contributed by atoms with Gasteiger partial charge in [-0.3, -0.25) is 4.79 Å². The minimum atomic E-state index is -0.409. The van der Waals surface area contributed by atoms with E-state index >= 15 is 0 Å². The Bertz CT molecular complexity index is 596. The molecule has 0 aromatic heterocycles. The van der Waals surface area contributed by atoms with E-state index in [1.54, 1.807) is 12.1 Å². The van der Waals surface area contributed by atoms with Crippen molar-refractivity contribution in [2.75, 3.05) is 0 Å². The number of nitrogens with two attached hydrogens (primary N) is 1. The van der Waals surface area contributed by atoms with Crippen LogP contribution in [0.15, 0.2) is 42.5 Å². The average Bonchev–Trinajstić information content (AvgIpc) is 2.42. The summed E-state index contributed by atoms with van der Waals surface area (Å²) in [6, 6.07) is 11.2. The van der Waals surface area contributed by atoms with Crippen LogP contribution in [0.5, 0.6) is 0 Å². The molecule has 98 valence electrons. The minimum absolute atomic E-state index is 0.0583. The maximum absolute atomic E-state index is 12.9. The van der Waals surface area contributed by atoms with Gasteiger partial charge in [-0.05, 0) is 23.3 Å². The van der Waals surface area contributed by atoms with Crippen molar-refractivity contribution in [2.45, 2.75) is 13.0 Å². The summed E-state index contributed by atoms with van der Waals surface area (Å²) in [6.45, 7) is 0.443. The van der Waals surface area contributed by atoms with E-state index in [4.69, 9.17) is 17.3 Å². The lowest BCUT2D eigenvalue weighted by Crippen LogP contribution is -2.05. The average molecular weight is 278 g/mol. The highest BCUT2D eigenvalue weighted by Crippen LogP contribution is 2.19. The molecule has 0 radical (unpaired) electrons. The van der Waals surface area contributed by atoms with Gasteiger partial charge < -0.3 is 5.73 Å². The molecule has 0 bridgehead atoms. The molecule has 0 atom stereocenters. The van der Waals surface area contributed by atoms with Gasteiger partial charge in [0.2, 0.25) is 0 Å².